The molecule has 1 heterocycles. The Morgan fingerprint density at radius 2 is 2.08 bits per heavy atom. The third-order valence-electron chi connectivity index (χ3n) is 3.72. The molecule has 0 aliphatic heterocycles. The first kappa shape index (κ1) is 20.0. The van der Waals surface area contributed by atoms with Crippen molar-refractivity contribution >= 4 is 27.1 Å². The monoisotopic (exact) mass is 398 g/mol. The van der Waals surface area contributed by atoms with Crippen LogP contribution in [0.4, 0.5) is 13.2 Å². The van der Waals surface area contributed by atoms with Crippen molar-refractivity contribution in [2.45, 2.75) is 32.5 Å². The summed E-state index contributed by atoms with van der Waals surface area (Å²) in [5, 5.41) is 7.31. The number of alkyl halides is 3. The average molecular weight is 398 g/mol. The van der Waals surface area contributed by atoms with Crippen molar-refractivity contribution in [3.05, 3.63) is 16.1 Å². The molecule has 0 spiro atoms. The Balaban J connectivity index is 1.96. The number of aromatic nitrogens is 1. The summed E-state index contributed by atoms with van der Waals surface area (Å²) in [5.41, 5.74) is -1.18. The zero-order chi connectivity index (χ0) is 18.7. The maximum Gasteiger partial charge on any atom is 0.434 e. The topological polar surface area (TPSA) is 83.4 Å². The molecule has 2 N–H and O–H groups in total. The van der Waals surface area contributed by atoms with E-state index in [0.29, 0.717) is 19.0 Å². The van der Waals surface area contributed by atoms with Crippen LogP contribution in [0.3, 0.4) is 0 Å². The van der Waals surface area contributed by atoms with Crippen LogP contribution in [-0.4, -0.2) is 44.5 Å². The van der Waals surface area contributed by atoms with E-state index >= 15 is 0 Å². The van der Waals surface area contributed by atoms with Crippen molar-refractivity contribution in [2.75, 3.05) is 25.1 Å². The Morgan fingerprint density at radius 1 is 1.40 bits per heavy atom. The molecule has 0 amide bonds. The first-order valence-corrected chi connectivity index (χ1v) is 10.7. The van der Waals surface area contributed by atoms with Crippen LogP contribution in [-0.2, 0) is 22.6 Å². The number of sulfone groups is 1. The molecule has 1 fully saturated rings. The van der Waals surface area contributed by atoms with Gasteiger partial charge in [-0.3, -0.25) is 0 Å². The molecule has 0 unspecified atom stereocenters. The number of rotatable bonds is 7. The van der Waals surface area contributed by atoms with E-state index in [1.54, 1.807) is 0 Å². The summed E-state index contributed by atoms with van der Waals surface area (Å²) in [4.78, 5) is 7.77. The van der Waals surface area contributed by atoms with Gasteiger partial charge in [0.25, 0.3) is 0 Å². The number of aliphatic imine (C=N–C) groups is 1. The van der Waals surface area contributed by atoms with Crippen LogP contribution in [0.2, 0.25) is 0 Å². The average Bonchev–Trinajstić information content (AvgIpc) is 3.03. The molecule has 25 heavy (non-hydrogen) atoms. The van der Waals surface area contributed by atoms with E-state index in [2.05, 4.69) is 20.6 Å². The van der Waals surface area contributed by atoms with Gasteiger partial charge in [-0.2, -0.15) is 13.2 Å². The Kier molecular flexibility index (Phi) is 5.97. The van der Waals surface area contributed by atoms with Crippen molar-refractivity contribution in [1.29, 1.82) is 0 Å². The number of nitrogens with one attached hydrogen (secondary N) is 2. The van der Waals surface area contributed by atoms with Gasteiger partial charge in [0.05, 0.1) is 12.3 Å². The SMILES string of the molecule is CCNC(=NCc1nc(C(F)(F)F)cs1)NCC1(CS(C)(=O)=O)CC1. The summed E-state index contributed by atoms with van der Waals surface area (Å²) >= 11 is 0.907. The number of nitrogens with zero attached hydrogens (tertiary/aromatic N) is 2. The lowest BCUT2D eigenvalue weighted by Gasteiger charge is -2.17. The molecular formula is C14H21F3N4O2S2. The zero-order valence-electron chi connectivity index (χ0n) is 14.0. The van der Waals surface area contributed by atoms with Gasteiger partial charge in [0, 0.05) is 30.1 Å². The number of hydrogen-bond donors (Lipinski definition) is 2. The summed E-state index contributed by atoms with van der Waals surface area (Å²) in [7, 11) is -3.06. The van der Waals surface area contributed by atoms with E-state index in [4.69, 9.17) is 0 Å². The largest absolute Gasteiger partial charge is 0.434 e. The molecule has 0 bridgehead atoms. The lowest BCUT2D eigenvalue weighted by Crippen LogP contribution is -2.41. The quantitative estimate of drug-likeness (QED) is 0.543. The van der Waals surface area contributed by atoms with Gasteiger partial charge in [0.2, 0.25) is 0 Å². The van der Waals surface area contributed by atoms with Gasteiger partial charge in [-0.15, -0.1) is 11.3 Å². The minimum Gasteiger partial charge on any atom is -0.357 e. The van der Waals surface area contributed by atoms with Crippen LogP contribution in [0.1, 0.15) is 30.5 Å². The van der Waals surface area contributed by atoms with Gasteiger partial charge in [-0.1, -0.05) is 0 Å². The molecule has 11 heteroatoms. The summed E-state index contributed by atoms with van der Waals surface area (Å²) in [6.45, 7) is 2.93. The third-order valence-corrected chi connectivity index (χ3v) is 5.69. The van der Waals surface area contributed by atoms with Crippen molar-refractivity contribution in [1.82, 2.24) is 15.6 Å². The Morgan fingerprint density at radius 3 is 2.56 bits per heavy atom. The molecule has 6 nitrogen and oxygen atoms in total. The van der Waals surface area contributed by atoms with E-state index in [0.717, 1.165) is 29.6 Å². The van der Waals surface area contributed by atoms with Crippen LogP contribution in [0.15, 0.2) is 10.4 Å². The Hall–Kier alpha value is -1.36. The molecule has 0 radical (unpaired) electrons. The fourth-order valence-electron chi connectivity index (χ4n) is 2.38. The molecule has 0 aromatic carbocycles. The highest BCUT2D eigenvalue weighted by molar-refractivity contribution is 7.90. The lowest BCUT2D eigenvalue weighted by molar-refractivity contribution is -0.140. The number of thiazole rings is 1. The first-order chi connectivity index (χ1) is 11.5. The smallest absolute Gasteiger partial charge is 0.357 e. The fraction of sp³-hybridized carbons (Fsp3) is 0.714. The molecule has 1 aromatic rings. The van der Waals surface area contributed by atoms with Gasteiger partial charge in [-0.25, -0.2) is 18.4 Å². The summed E-state index contributed by atoms with van der Waals surface area (Å²) in [5.74, 6) is 0.555. The maximum absolute atomic E-state index is 12.5. The van der Waals surface area contributed by atoms with Crippen molar-refractivity contribution in [3.8, 4) is 0 Å². The molecule has 2 rings (SSSR count). The highest BCUT2D eigenvalue weighted by atomic mass is 32.2. The van der Waals surface area contributed by atoms with Crippen LogP contribution in [0.25, 0.3) is 0 Å². The molecule has 1 saturated carbocycles. The van der Waals surface area contributed by atoms with Crippen molar-refractivity contribution in [2.24, 2.45) is 10.4 Å². The van der Waals surface area contributed by atoms with Gasteiger partial charge in [0.15, 0.2) is 11.7 Å². The highest BCUT2D eigenvalue weighted by Gasteiger charge is 2.45. The molecule has 1 aliphatic rings. The summed E-state index contributed by atoms with van der Waals surface area (Å²) < 4.78 is 60.6. The minimum absolute atomic E-state index is 0.0230. The minimum atomic E-state index is -4.45. The van der Waals surface area contributed by atoms with Crippen molar-refractivity contribution in [3.63, 3.8) is 0 Å². The Bertz CT molecular complexity index is 725. The summed E-state index contributed by atoms with van der Waals surface area (Å²) in [6, 6.07) is 0. The van der Waals surface area contributed by atoms with Gasteiger partial charge >= 0.3 is 6.18 Å². The van der Waals surface area contributed by atoms with Gasteiger partial charge < -0.3 is 10.6 Å². The predicted molar refractivity (Wildman–Crippen MR) is 91.3 cm³/mol. The molecule has 142 valence electrons. The van der Waals surface area contributed by atoms with E-state index < -0.39 is 21.7 Å². The number of guanidine groups is 1. The molecule has 0 saturated heterocycles. The Labute approximate surface area is 148 Å². The second-order valence-corrected chi connectivity index (χ2v) is 9.33. The summed E-state index contributed by atoms with van der Waals surface area (Å²) in [6.07, 6.45) is -1.58. The van der Waals surface area contributed by atoms with E-state index in [-0.39, 0.29) is 22.7 Å². The maximum atomic E-state index is 12.5. The van der Waals surface area contributed by atoms with Gasteiger partial charge in [0.1, 0.15) is 14.8 Å². The first-order valence-electron chi connectivity index (χ1n) is 7.74. The molecular weight excluding hydrogens is 377 g/mol. The van der Waals surface area contributed by atoms with E-state index in [1.807, 2.05) is 6.92 Å². The van der Waals surface area contributed by atoms with Crippen LogP contribution >= 0.6 is 11.3 Å². The van der Waals surface area contributed by atoms with Crippen LogP contribution in [0, 0.1) is 5.41 Å². The second-order valence-electron chi connectivity index (χ2n) is 6.24. The molecule has 1 aliphatic carbocycles. The number of halogens is 3. The van der Waals surface area contributed by atoms with Crippen LogP contribution < -0.4 is 10.6 Å². The van der Waals surface area contributed by atoms with Gasteiger partial charge in [-0.05, 0) is 19.8 Å². The van der Waals surface area contributed by atoms with Crippen LogP contribution in [0.5, 0.6) is 0 Å². The van der Waals surface area contributed by atoms with Crippen molar-refractivity contribution < 1.29 is 21.6 Å². The predicted octanol–water partition coefficient (Wildman–Crippen LogP) is 2.04. The highest BCUT2D eigenvalue weighted by Crippen LogP contribution is 2.46. The van der Waals surface area contributed by atoms with E-state index in [9.17, 15) is 21.6 Å². The zero-order valence-corrected chi connectivity index (χ0v) is 15.6. The standard InChI is InChI=1S/C14H21F3N4O2S2/c1-3-18-12(20-8-13(4-5-13)9-25(2,22)23)19-6-11-21-10(7-24-11)14(15,16)17/h7H,3-6,8-9H2,1-2H3,(H2,18,19,20). The molecule has 1 aromatic heterocycles. The third kappa shape index (κ3) is 6.46. The second kappa shape index (κ2) is 7.48. The fourth-order valence-corrected chi connectivity index (χ4v) is 4.61. The van der Waals surface area contributed by atoms with E-state index in [1.165, 1.54) is 6.26 Å². The normalized spacial score (nSPS) is 17.4. The lowest BCUT2D eigenvalue weighted by atomic mass is 10.1. The molecule has 0 atom stereocenters. The number of hydrogen-bond acceptors (Lipinski definition) is 5.